The number of amides is 1. The molecule has 1 saturated carbocycles. The highest BCUT2D eigenvalue weighted by atomic mass is 16.1. The van der Waals surface area contributed by atoms with Crippen molar-refractivity contribution in [1.82, 2.24) is 15.3 Å². The summed E-state index contributed by atoms with van der Waals surface area (Å²) in [5, 5.41) is 6.67. The third kappa shape index (κ3) is 5.92. The minimum Gasteiger partial charge on any atom is -0.363 e. The summed E-state index contributed by atoms with van der Waals surface area (Å²) in [6, 6.07) is 12.4. The van der Waals surface area contributed by atoms with Gasteiger partial charge in [0, 0.05) is 32.9 Å². The molecule has 1 heterocycles. The Balaban J connectivity index is 1.44. The van der Waals surface area contributed by atoms with Crippen LogP contribution in [0.2, 0.25) is 0 Å². The SMILES string of the molecule is CCC(C(=O)NC[C@H]1CC[C@@H](Nc2nccc(N(C)C)n2)CC1)c1ccccc1. The number of rotatable bonds is 8. The monoisotopic (exact) mass is 395 g/mol. The lowest BCUT2D eigenvalue weighted by molar-refractivity contribution is -0.122. The van der Waals surface area contributed by atoms with Crippen LogP contribution in [0.5, 0.6) is 0 Å². The molecule has 0 bridgehead atoms. The van der Waals surface area contributed by atoms with Crippen molar-refractivity contribution in [2.75, 3.05) is 30.9 Å². The smallest absolute Gasteiger partial charge is 0.227 e. The first-order valence-electron chi connectivity index (χ1n) is 10.7. The van der Waals surface area contributed by atoms with Gasteiger partial charge < -0.3 is 15.5 Å². The summed E-state index contributed by atoms with van der Waals surface area (Å²) in [6.45, 7) is 2.84. The molecule has 0 radical (unpaired) electrons. The van der Waals surface area contributed by atoms with Crippen LogP contribution < -0.4 is 15.5 Å². The van der Waals surface area contributed by atoms with Crippen molar-refractivity contribution in [3.63, 3.8) is 0 Å². The van der Waals surface area contributed by atoms with E-state index in [-0.39, 0.29) is 11.8 Å². The van der Waals surface area contributed by atoms with E-state index in [0.717, 1.165) is 50.0 Å². The molecule has 2 aromatic rings. The van der Waals surface area contributed by atoms with Gasteiger partial charge in [0.25, 0.3) is 0 Å². The fourth-order valence-corrected chi connectivity index (χ4v) is 3.99. The number of benzene rings is 1. The van der Waals surface area contributed by atoms with E-state index in [4.69, 9.17) is 0 Å². The van der Waals surface area contributed by atoms with Crippen molar-refractivity contribution in [3.05, 3.63) is 48.2 Å². The molecule has 6 nitrogen and oxygen atoms in total. The Morgan fingerprint density at radius 3 is 2.52 bits per heavy atom. The van der Waals surface area contributed by atoms with Crippen LogP contribution in [0.15, 0.2) is 42.6 Å². The van der Waals surface area contributed by atoms with Crippen LogP contribution in [-0.4, -0.2) is 42.6 Å². The zero-order valence-corrected chi connectivity index (χ0v) is 17.8. The molecule has 6 heteroatoms. The molecule has 1 fully saturated rings. The molecule has 0 aliphatic heterocycles. The lowest BCUT2D eigenvalue weighted by atomic mass is 9.85. The van der Waals surface area contributed by atoms with Gasteiger partial charge in [-0.25, -0.2) is 4.98 Å². The molecule has 1 aliphatic carbocycles. The Labute approximate surface area is 174 Å². The van der Waals surface area contributed by atoms with Crippen LogP contribution in [-0.2, 0) is 4.79 Å². The number of nitrogens with one attached hydrogen (secondary N) is 2. The molecular formula is C23H33N5O. The van der Waals surface area contributed by atoms with E-state index in [9.17, 15) is 4.79 Å². The molecule has 1 aromatic carbocycles. The second-order valence-electron chi connectivity index (χ2n) is 8.11. The summed E-state index contributed by atoms with van der Waals surface area (Å²) in [4.78, 5) is 23.5. The van der Waals surface area contributed by atoms with Gasteiger partial charge in [0.1, 0.15) is 5.82 Å². The fourth-order valence-electron chi connectivity index (χ4n) is 3.99. The Morgan fingerprint density at radius 2 is 1.86 bits per heavy atom. The summed E-state index contributed by atoms with van der Waals surface area (Å²) in [7, 11) is 3.96. The quantitative estimate of drug-likeness (QED) is 0.711. The lowest BCUT2D eigenvalue weighted by Crippen LogP contribution is -2.36. The van der Waals surface area contributed by atoms with Gasteiger partial charge in [0.05, 0.1) is 5.92 Å². The minimum atomic E-state index is -0.0599. The number of nitrogens with zero attached hydrogens (tertiary/aromatic N) is 3. The third-order valence-corrected chi connectivity index (χ3v) is 5.77. The number of carbonyl (C=O) groups is 1. The molecule has 156 valence electrons. The second kappa shape index (κ2) is 10.2. The van der Waals surface area contributed by atoms with E-state index in [0.29, 0.717) is 17.9 Å². The molecule has 3 rings (SSSR count). The van der Waals surface area contributed by atoms with E-state index in [1.54, 1.807) is 6.20 Å². The number of carbonyl (C=O) groups excluding carboxylic acids is 1. The van der Waals surface area contributed by atoms with Gasteiger partial charge in [-0.15, -0.1) is 0 Å². The summed E-state index contributed by atoms with van der Waals surface area (Å²) < 4.78 is 0. The number of hydrogen-bond donors (Lipinski definition) is 2. The molecule has 1 atom stereocenters. The Hall–Kier alpha value is -2.63. The first-order chi connectivity index (χ1) is 14.1. The van der Waals surface area contributed by atoms with Crippen molar-refractivity contribution < 1.29 is 4.79 Å². The molecule has 29 heavy (non-hydrogen) atoms. The van der Waals surface area contributed by atoms with Crippen molar-refractivity contribution in [2.24, 2.45) is 5.92 Å². The normalized spacial score (nSPS) is 20.0. The Bertz CT molecular complexity index is 772. The highest BCUT2D eigenvalue weighted by Crippen LogP contribution is 2.26. The molecule has 1 amide bonds. The van der Waals surface area contributed by atoms with Crippen molar-refractivity contribution in [1.29, 1.82) is 0 Å². The standard InChI is InChI=1S/C23H33N5O/c1-4-20(18-8-6-5-7-9-18)22(29)25-16-17-10-12-19(13-11-17)26-23-24-15-14-21(27-23)28(2)3/h5-9,14-15,17,19-20H,4,10-13,16H2,1-3H3,(H,25,29)(H,24,26,27)/t17-,19+,20?. The van der Waals surface area contributed by atoms with Gasteiger partial charge in [0.15, 0.2) is 0 Å². The maximum Gasteiger partial charge on any atom is 0.227 e. The van der Waals surface area contributed by atoms with Crippen molar-refractivity contribution in [3.8, 4) is 0 Å². The molecule has 0 spiro atoms. The third-order valence-electron chi connectivity index (χ3n) is 5.77. The minimum absolute atomic E-state index is 0.0599. The summed E-state index contributed by atoms with van der Waals surface area (Å²) in [5.41, 5.74) is 1.10. The van der Waals surface area contributed by atoms with Crippen LogP contribution in [0.3, 0.4) is 0 Å². The van der Waals surface area contributed by atoms with Crippen molar-refractivity contribution in [2.45, 2.75) is 51.0 Å². The van der Waals surface area contributed by atoms with Crippen LogP contribution in [0, 0.1) is 5.92 Å². The maximum absolute atomic E-state index is 12.7. The summed E-state index contributed by atoms with van der Waals surface area (Å²) >= 11 is 0. The summed E-state index contributed by atoms with van der Waals surface area (Å²) in [5.74, 6) is 2.23. The second-order valence-corrected chi connectivity index (χ2v) is 8.11. The highest BCUT2D eigenvalue weighted by molar-refractivity contribution is 5.83. The highest BCUT2D eigenvalue weighted by Gasteiger charge is 2.24. The van der Waals surface area contributed by atoms with Gasteiger partial charge in [-0.2, -0.15) is 4.98 Å². The number of hydrogen-bond acceptors (Lipinski definition) is 5. The predicted molar refractivity (Wildman–Crippen MR) is 118 cm³/mol. The Morgan fingerprint density at radius 1 is 1.14 bits per heavy atom. The average molecular weight is 396 g/mol. The van der Waals surface area contributed by atoms with Crippen molar-refractivity contribution >= 4 is 17.7 Å². The largest absolute Gasteiger partial charge is 0.363 e. The van der Waals surface area contributed by atoms with E-state index in [1.807, 2.05) is 55.4 Å². The maximum atomic E-state index is 12.7. The van der Waals surface area contributed by atoms with E-state index in [2.05, 4.69) is 27.5 Å². The lowest BCUT2D eigenvalue weighted by Gasteiger charge is -2.29. The topological polar surface area (TPSA) is 70.2 Å². The molecule has 1 aromatic heterocycles. The zero-order chi connectivity index (χ0) is 20.6. The van der Waals surface area contributed by atoms with Crippen LogP contribution in [0.25, 0.3) is 0 Å². The van der Waals surface area contributed by atoms with E-state index >= 15 is 0 Å². The molecule has 1 aliphatic rings. The van der Waals surface area contributed by atoms with Gasteiger partial charge in [-0.3, -0.25) is 4.79 Å². The van der Waals surface area contributed by atoms with Gasteiger partial charge >= 0.3 is 0 Å². The number of aromatic nitrogens is 2. The van der Waals surface area contributed by atoms with E-state index < -0.39 is 0 Å². The molecule has 2 N–H and O–H groups in total. The van der Waals surface area contributed by atoms with Crippen LogP contribution in [0.1, 0.15) is 50.5 Å². The zero-order valence-electron chi connectivity index (χ0n) is 17.8. The first-order valence-corrected chi connectivity index (χ1v) is 10.7. The van der Waals surface area contributed by atoms with Crippen LogP contribution in [0.4, 0.5) is 11.8 Å². The Kier molecular flexibility index (Phi) is 7.44. The molecule has 1 unspecified atom stereocenters. The van der Waals surface area contributed by atoms with Gasteiger partial charge in [-0.05, 0) is 49.7 Å². The summed E-state index contributed by atoms with van der Waals surface area (Å²) in [6.07, 6.45) is 6.97. The first kappa shape index (κ1) is 21.1. The molecular weight excluding hydrogens is 362 g/mol. The fraction of sp³-hybridized carbons (Fsp3) is 0.522. The van der Waals surface area contributed by atoms with Gasteiger partial charge in [-0.1, -0.05) is 37.3 Å². The molecule has 0 saturated heterocycles. The van der Waals surface area contributed by atoms with Gasteiger partial charge in [0.2, 0.25) is 11.9 Å². The average Bonchev–Trinajstić information content (AvgIpc) is 2.75. The van der Waals surface area contributed by atoms with Crippen LogP contribution >= 0.6 is 0 Å². The van der Waals surface area contributed by atoms with E-state index in [1.165, 1.54) is 0 Å². The number of anilines is 2. The predicted octanol–water partition coefficient (Wildman–Crippen LogP) is 3.82.